The minimum absolute atomic E-state index is 0.214. The fourth-order valence-electron chi connectivity index (χ4n) is 3.53. The Kier molecular flexibility index (Phi) is 5.83. The predicted molar refractivity (Wildman–Crippen MR) is 112 cm³/mol. The fourth-order valence-corrected chi connectivity index (χ4v) is 3.53. The maximum Gasteiger partial charge on any atom is 0.322 e. The van der Waals surface area contributed by atoms with Gasteiger partial charge in [0.05, 0.1) is 19.4 Å². The molecule has 0 spiro atoms. The summed E-state index contributed by atoms with van der Waals surface area (Å²) in [6, 6.07) is 14.3. The van der Waals surface area contributed by atoms with Crippen molar-refractivity contribution in [3.8, 4) is 22.9 Å². The Balaban J connectivity index is 1.50. The van der Waals surface area contributed by atoms with Gasteiger partial charge < -0.3 is 24.2 Å². The van der Waals surface area contributed by atoms with Crippen LogP contribution in [0.15, 0.2) is 53.1 Å². The number of hydrogen-bond donors (Lipinski definition) is 1. The molecule has 1 aliphatic rings. The van der Waals surface area contributed by atoms with Crippen molar-refractivity contribution in [2.24, 2.45) is 0 Å². The maximum atomic E-state index is 13.0. The second-order valence-corrected chi connectivity index (χ2v) is 6.90. The predicted octanol–water partition coefficient (Wildman–Crippen LogP) is 4.51. The summed E-state index contributed by atoms with van der Waals surface area (Å²) in [4.78, 5) is 19.2. The van der Waals surface area contributed by atoms with E-state index in [-0.39, 0.29) is 12.1 Å². The largest absolute Gasteiger partial charge is 0.497 e. The number of nitrogens with zero attached hydrogens (tertiary/aromatic N) is 3. The number of hydrogen-bond acceptors (Lipinski definition) is 6. The first-order valence-corrected chi connectivity index (χ1v) is 9.97. The highest BCUT2D eigenvalue weighted by Gasteiger charge is 2.34. The van der Waals surface area contributed by atoms with Crippen molar-refractivity contribution < 1.29 is 18.8 Å². The average Bonchev–Trinajstić information content (AvgIpc) is 3.45. The Morgan fingerprint density at radius 3 is 2.80 bits per heavy atom. The third-order valence-electron chi connectivity index (χ3n) is 5.02. The van der Waals surface area contributed by atoms with Crippen LogP contribution in [0.4, 0.5) is 10.5 Å². The van der Waals surface area contributed by atoms with Gasteiger partial charge >= 0.3 is 6.03 Å². The third kappa shape index (κ3) is 4.07. The van der Waals surface area contributed by atoms with E-state index in [0.717, 1.165) is 24.2 Å². The normalized spacial score (nSPS) is 15.8. The zero-order valence-corrected chi connectivity index (χ0v) is 17.0. The molecule has 8 nitrogen and oxygen atoms in total. The van der Waals surface area contributed by atoms with E-state index in [1.807, 2.05) is 55.5 Å². The standard InChI is InChI=1S/C22H24N4O4/c1-3-29-19-9-5-4-7-17(19)23-22(27)26-14-6-8-18(26)21-24-20(25-30-21)15-10-12-16(28-2)13-11-15/h4-5,7,9-13,18H,3,6,8,14H2,1-2H3,(H,23,27). The summed E-state index contributed by atoms with van der Waals surface area (Å²) in [5.41, 5.74) is 1.46. The van der Waals surface area contributed by atoms with E-state index in [1.54, 1.807) is 12.0 Å². The number of anilines is 1. The second kappa shape index (κ2) is 8.86. The van der Waals surface area contributed by atoms with E-state index in [0.29, 0.717) is 36.3 Å². The summed E-state index contributed by atoms with van der Waals surface area (Å²) < 4.78 is 16.3. The molecule has 0 bridgehead atoms. The molecule has 156 valence electrons. The lowest BCUT2D eigenvalue weighted by molar-refractivity contribution is 0.193. The first-order valence-electron chi connectivity index (χ1n) is 9.97. The Bertz CT molecular complexity index is 1000. The number of urea groups is 1. The van der Waals surface area contributed by atoms with Crippen LogP contribution >= 0.6 is 0 Å². The molecule has 3 aromatic rings. The van der Waals surface area contributed by atoms with Crippen LogP contribution in [0.3, 0.4) is 0 Å². The van der Waals surface area contributed by atoms with E-state index in [4.69, 9.17) is 14.0 Å². The van der Waals surface area contributed by atoms with Crippen molar-refractivity contribution >= 4 is 11.7 Å². The third-order valence-corrected chi connectivity index (χ3v) is 5.02. The van der Waals surface area contributed by atoms with Crippen LogP contribution in [-0.4, -0.2) is 41.3 Å². The molecule has 4 rings (SSSR count). The molecule has 0 aliphatic carbocycles. The van der Waals surface area contributed by atoms with E-state index in [9.17, 15) is 4.79 Å². The zero-order valence-electron chi connectivity index (χ0n) is 17.0. The van der Waals surface area contributed by atoms with Gasteiger partial charge in [0.15, 0.2) is 0 Å². The smallest absolute Gasteiger partial charge is 0.322 e. The molecule has 2 aromatic carbocycles. The van der Waals surface area contributed by atoms with Gasteiger partial charge in [0.1, 0.15) is 17.5 Å². The van der Waals surface area contributed by atoms with E-state index in [1.165, 1.54) is 0 Å². The Labute approximate surface area is 174 Å². The van der Waals surface area contributed by atoms with Crippen molar-refractivity contribution in [2.75, 3.05) is 25.6 Å². The Hall–Kier alpha value is -3.55. The molecular weight excluding hydrogens is 384 g/mol. The number of carbonyl (C=O) groups excluding carboxylic acids is 1. The van der Waals surface area contributed by atoms with Gasteiger partial charge in [-0.2, -0.15) is 4.98 Å². The molecule has 8 heteroatoms. The van der Waals surface area contributed by atoms with Crippen molar-refractivity contribution in [2.45, 2.75) is 25.8 Å². The van der Waals surface area contributed by atoms with Gasteiger partial charge in [-0.25, -0.2) is 4.79 Å². The summed E-state index contributed by atoms with van der Waals surface area (Å²) in [5, 5.41) is 7.04. The summed E-state index contributed by atoms with van der Waals surface area (Å²) in [6.07, 6.45) is 1.64. The molecule has 1 aromatic heterocycles. The van der Waals surface area contributed by atoms with E-state index < -0.39 is 0 Å². The molecular formula is C22H24N4O4. The zero-order chi connectivity index (χ0) is 20.9. The van der Waals surface area contributed by atoms with Gasteiger partial charge in [0, 0.05) is 12.1 Å². The number of aromatic nitrogens is 2. The molecule has 1 fully saturated rings. The molecule has 1 aliphatic heterocycles. The molecule has 0 radical (unpaired) electrons. The summed E-state index contributed by atoms with van der Waals surface area (Å²) in [7, 11) is 1.62. The number of para-hydroxylation sites is 2. The maximum absolute atomic E-state index is 13.0. The lowest BCUT2D eigenvalue weighted by Gasteiger charge is -2.23. The van der Waals surface area contributed by atoms with Crippen molar-refractivity contribution in [3.63, 3.8) is 0 Å². The summed E-state index contributed by atoms with van der Waals surface area (Å²) in [6.45, 7) is 3.05. The number of carbonyl (C=O) groups is 1. The van der Waals surface area contributed by atoms with Gasteiger partial charge in [0.2, 0.25) is 11.7 Å². The van der Waals surface area contributed by atoms with Crippen LogP contribution in [0.5, 0.6) is 11.5 Å². The average molecular weight is 408 g/mol. The van der Waals surface area contributed by atoms with Crippen molar-refractivity contribution in [1.29, 1.82) is 0 Å². The molecule has 2 amide bonds. The van der Waals surface area contributed by atoms with Crippen LogP contribution < -0.4 is 14.8 Å². The SMILES string of the molecule is CCOc1ccccc1NC(=O)N1CCCC1c1nc(-c2ccc(OC)cc2)no1. The van der Waals surface area contributed by atoms with Crippen molar-refractivity contribution in [1.82, 2.24) is 15.0 Å². The summed E-state index contributed by atoms with van der Waals surface area (Å²) >= 11 is 0. The number of nitrogens with one attached hydrogen (secondary N) is 1. The van der Waals surface area contributed by atoms with Gasteiger partial charge in [-0.05, 0) is 56.2 Å². The number of benzene rings is 2. The van der Waals surface area contributed by atoms with Gasteiger partial charge in [0.25, 0.3) is 0 Å². The van der Waals surface area contributed by atoms with Gasteiger partial charge in [-0.3, -0.25) is 0 Å². The number of likely N-dealkylation sites (tertiary alicyclic amines) is 1. The molecule has 1 atom stereocenters. The minimum Gasteiger partial charge on any atom is -0.497 e. The molecule has 1 N–H and O–H groups in total. The number of ether oxygens (including phenoxy) is 2. The monoisotopic (exact) mass is 408 g/mol. The first-order chi connectivity index (χ1) is 14.7. The number of amides is 2. The van der Waals surface area contributed by atoms with Crippen molar-refractivity contribution in [3.05, 3.63) is 54.4 Å². The fraction of sp³-hybridized carbons (Fsp3) is 0.318. The molecule has 2 heterocycles. The molecule has 1 unspecified atom stereocenters. The molecule has 0 saturated carbocycles. The Morgan fingerprint density at radius 2 is 2.03 bits per heavy atom. The highest BCUT2D eigenvalue weighted by Crippen LogP contribution is 2.33. The van der Waals surface area contributed by atoms with Gasteiger partial charge in [-0.15, -0.1) is 0 Å². The Morgan fingerprint density at radius 1 is 1.23 bits per heavy atom. The highest BCUT2D eigenvalue weighted by molar-refractivity contribution is 5.91. The topological polar surface area (TPSA) is 89.7 Å². The van der Waals surface area contributed by atoms with E-state index in [2.05, 4.69) is 15.5 Å². The number of rotatable bonds is 6. The molecule has 1 saturated heterocycles. The molecule has 30 heavy (non-hydrogen) atoms. The van der Waals surface area contributed by atoms with Crippen LogP contribution in [0.25, 0.3) is 11.4 Å². The summed E-state index contributed by atoms with van der Waals surface area (Å²) in [5.74, 6) is 2.32. The lowest BCUT2D eigenvalue weighted by atomic mass is 10.2. The number of methoxy groups -OCH3 is 1. The lowest BCUT2D eigenvalue weighted by Crippen LogP contribution is -2.34. The van der Waals surface area contributed by atoms with Crippen LogP contribution in [0.1, 0.15) is 31.7 Å². The minimum atomic E-state index is -0.260. The van der Waals surface area contributed by atoms with Gasteiger partial charge in [-0.1, -0.05) is 17.3 Å². The van der Waals surface area contributed by atoms with Crippen LogP contribution in [0, 0.1) is 0 Å². The quantitative estimate of drug-likeness (QED) is 0.645. The highest BCUT2D eigenvalue weighted by atomic mass is 16.5. The second-order valence-electron chi connectivity index (χ2n) is 6.90. The van der Waals surface area contributed by atoms with Crippen LogP contribution in [0.2, 0.25) is 0 Å². The van der Waals surface area contributed by atoms with Crippen LogP contribution in [-0.2, 0) is 0 Å². The van der Waals surface area contributed by atoms with E-state index >= 15 is 0 Å². The first kappa shape index (κ1) is 19.8.